The molecule has 0 aliphatic carbocycles. The zero-order valence-corrected chi connectivity index (χ0v) is 16.2. The fraction of sp³-hybridized carbons (Fsp3) is 0.278. The van der Waals surface area contributed by atoms with E-state index in [4.69, 9.17) is 5.73 Å². The van der Waals surface area contributed by atoms with E-state index in [0.29, 0.717) is 10.7 Å². The number of amides is 3. The summed E-state index contributed by atoms with van der Waals surface area (Å²) in [6.45, 7) is 5.55. The van der Waals surface area contributed by atoms with Gasteiger partial charge in [0.2, 0.25) is 5.91 Å². The van der Waals surface area contributed by atoms with Crippen molar-refractivity contribution in [3.63, 3.8) is 0 Å². The Kier molecular flexibility index (Phi) is 4.81. The van der Waals surface area contributed by atoms with Gasteiger partial charge >= 0.3 is 0 Å². The summed E-state index contributed by atoms with van der Waals surface area (Å²) < 4.78 is -1.36. The van der Waals surface area contributed by atoms with Gasteiger partial charge in [0.05, 0.1) is 11.3 Å². The summed E-state index contributed by atoms with van der Waals surface area (Å²) in [5, 5.41) is 5.88. The number of hydrogen-bond acceptors (Lipinski definition) is 5. The van der Waals surface area contributed by atoms with Crippen molar-refractivity contribution in [1.82, 2.24) is 0 Å². The van der Waals surface area contributed by atoms with Gasteiger partial charge in [-0.25, -0.2) is 0 Å². The quantitative estimate of drug-likeness (QED) is 0.698. The molecule has 1 aromatic heterocycles. The number of para-hydroxylation sites is 1. The van der Waals surface area contributed by atoms with E-state index < -0.39 is 22.5 Å². The van der Waals surface area contributed by atoms with Crippen LogP contribution in [0, 0.1) is 0 Å². The first kappa shape index (κ1) is 18.5. The molecule has 26 heavy (non-hydrogen) atoms. The Balaban J connectivity index is 1.91. The highest BCUT2D eigenvalue weighted by Crippen LogP contribution is 2.43. The SMILES string of the molecule is CC(C)c1cc(C(N)=O)c(NC(=O)C2(C)Sc3ccccc3NC2=O)s1. The molecule has 136 valence electrons. The minimum absolute atomic E-state index is 0.193. The maximum absolute atomic E-state index is 12.9. The molecule has 3 rings (SSSR count). The highest BCUT2D eigenvalue weighted by molar-refractivity contribution is 8.02. The Bertz CT molecular complexity index is 907. The van der Waals surface area contributed by atoms with Crippen LogP contribution < -0.4 is 16.4 Å². The Labute approximate surface area is 159 Å². The Morgan fingerprint density at radius 3 is 2.62 bits per heavy atom. The van der Waals surface area contributed by atoms with E-state index in [1.807, 2.05) is 32.0 Å². The van der Waals surface area contributed by atoms with Gasteiger partial charge in [0, 0.05) is 9.77 Å². The molecule has 0 fully saturated rings. The van der Waals surface area contributed by atoms with Gasteiger partial charge in [-0.3, -0.25) is 14.4 Å². The molecule has 3 amide bonds. The fourth-order valence-electron chi connectivity index (χ4n) is 2.51. The molecule has 1 unspecified atom stereocenters. The van der Waals surface area contributed by atoms with Crippen LogP contribution in [0.3, 0.4) is 0 Å². The number of nitrogens with two attached hydrogens (primary N) is 1. The zero-order chi connectivity index (χ0) is 19.1. The Morgan fingerprint density at radius 1 is 1.27 bits per heavy atom. The number of benzene rings is 1. The van der Waals surface area contributed by atoms with Crippen LogP contribution in [0.1, 0.15) is 41.9 Å². The van der Waals surface area contributed by atoms with E-state index in [1.165, 1.54) is 23.1 Å². The van der Waals surface area contributed by atoms with Crippen LogP contribution in [0.4, 0.5) is 10.7 Å². The van der Waals surface area contributed by atoms with E-state index in [2.05, 4.69) is 10.6 Å². The molecule has 0 saturated carbocycles. The van der Waals surface area contributed by atoms with E-state index in [9.17, 15) is 14.4 Å². The number of primary amides is 1. The summed E-state index contributed by atoms with van der Waals surface area (Å²) in [5.41, 5.74) is 6.38. The number of carbonyl (C=O) groups excluding carboxylic acids is 3. The summed E-state index contributed by atoms with van der Waals surface area (Å²) in [4.78, 5) is 39.0. The van der Waals surface area contributed by atoms with E-state index >= 15 is 0 Å². The number of fused-ring (bicyclic) bond motifs is 1. The molecule has 2 aromatic rings. The molecule has 0 radical (unpaired) electrons. The fourth-order valence-corrected chi connectivity index (χ4v) is 4.67. The molecule has 1 aliphatic rings. The molecule has 0 spiro atoms. The van der Waals surface area contributed by atoms with Crippen LogP contribution in [0.5, 0.6) is 0 Å². The molecule has 0 bridgehead atoms. The Morgan fingerprint density at radius 2 is 1.96 bits per heavy atom. The van der Waals surface area contributed by atoms with Gasteiger partial charge in [0.25, 0.3) is 11.8 Å². The highest BCUT2D eigenvalue weighted by Gasteiger charge is 2.46. The van der Waals surface area contributed by atoms with Gasteiger partial charge in [0.15, 0.2) is 4.75 Å². The van der Waals surface area contributed by atoms with Crippen molar-refractivity contribution in [2.75, 3.05) is 10.6 Å². The highest BCUT2D eigenvalue weighted by atomic mass is 32.2. The third-order valence-corrected chi connectivity index (χ3v) is 6.83. The van der Waals surface area contributed by atoms with Gasteiger partial charge in [-0.1, -0.05) is 37.7 Å². The zero-order valence-electron chi connectivity index (χ0n) is 14.6. The number of carbonyl (C=O) groups is 3. The van der Waals surface area contributed by atoms with Gasteiger partial charge in [0.1, 0.15) is 5.00 Å². The summed E-state index contributed by atoms with van der Waals surface area (Å²) >= 11 is 2.49. The molecule has 4 N–H and O–H groups in total. The van der Waals surface area contributed by atoms with Crippen molar-refractivity contribution >= 4 is 51.5 Å². The molecule has 1 aromatic carbocycles. The van der Waals surface area contributed by atoms with Gasteiger partial charge in [-0.05, 0) is 31.0 Å². The first-order valence-electron chi connectivity index (χ1n) is 8.07. The predicted octanol–water partition coefficient (Wildman–Crippen LogP) is 3.41. The smallest absolute Gasteiger partial charge is 0.251 e. The summed E-state index contributed by atoms with van der Waals surface area (Å²) in [6, 6.07) is 9.00. The third kappa shape index (κ3) is 3.22. The minimum atomic E-state index is -1.36. The van der Waals surface area contributed by atoms with E-state index in [-0.39, 0.29) is 11.5 Å². The number of nitrogens with one attached hydrogen (secondary N) is 2. The lowest BCUT2D eigenvalue weighted by Gasteiger charge is -2.31. The molecule has 1 atom stereocenters. The molecule has 0 saturated heterocycles. The molecule has 2 heterocycles. The van der Waals surface area contributed by atoms with Gasteiger partial charge < -0.3 is 16.4 Å². The van der Waals surface area contributed by atoms with Gasteiger partial charge in [-0.2, -0.15) is 0 Å². The van der Waals surface area contributed by atoms with Crippen molar-refractivity contribution < 1.29 is 14.4 Å². The van der Waals surface area contributed by atoms with Crippen LogP contribution in [0.25, 0.3) is 0 Å². The molecule has 6 nitrogen and oxygen atoms in total. The van der Waals surface area contributed by atoms with Crippen LogP contribution >= 0.6 is 23.1 Å². The predicted molar refractivity (Wildman–Crippen MR) is 105 cm³/mol. The second-order valence-corrected chi connectivity index (χ2v) is 8.99. The topological polar surface area (TPSA) is 101 Å². The van der Waals surface area contributed by atoms with Crippen molar-refractivity contribution in [1.29, 1.82) is 0 Å². The first-order valence-corrected chi connectivity index (χ1v) is 9.70. The van der Waals surface area contributed by atoms with Crippen molar-refractivity contribution in [2.24, 2.45) is 5.73 Å². The van der Waals surface area contributed by atoms with E-state index in [0.717, 1.165) is 9.77 Å². The first-order chi connectivity index (χ1) is 12.2. The number of thiophene rings is 1. The van der Waals surface area contributed by atoms with Crippen molar-refractivity contribution in [3.8, 4) is 0 Å². The average Bonchev–Trinajstić information content (AvgIpc) is 3.00. The summed E-state index contributed by atoms with van der Waals surface area (Å²) in [7, 11) is 0. The average molecular weight is 390 g/mol. The van der Waals surface area contributed by atoms with Crippen molar-refractivity contribution in [3.05, 3.63) is 40.8 Å². The van der Waals surface area contributed by atoms with Crippen LogP contribution in [0.2, 0.25) is 0 Å². The lowest BCUT2D eigenvalue weighted by Crippen LogP contribution is -2.49. The number of hydrogen-bond donors (Lipinski definition) is 3. The second kappa shape index (κ2) is 6.77. The maximum atomic E-state index is 12.9. The number of thioether (sulfide) groups is 1. The summed E-state index contributed by atoms with van der Waals surface area (Å²) in [5.74, 6) is -1.31. The van der Waals surface area contributed by atoms with Crippen LogP contribution in [-0.2, 0) is 9.59 Å². The number of anilines is 2. The largest absolute Gasteiger partial charge is 0.366 e. The summed E-state index contributed by atoms with van der Waals surface area (Å²) in [6.07, 6.45) is 0. The van der Waals surface area contributed by atoms with Crippen LogP contribution in [0.15, 0.2) is 35.2 Å². The van der Waals surface area contributed by atoms with Gasteiger partial charge in [-0.15, -0.1) is 11.3 Å². The van der Waals surface area contributed by atoms with Crippen molar-refractivity contribution in [2.45, 2.75) is 36.3 Å². The molecular weight excluding hydrogens is 370 g/mol. The monoisotopic (exact) mass is 389 g/mol. The van der Waals surface area contributed by atoms with Crippen LogP contribution in [-0.4, -0.2) is 22.5 Å². The minimum Gasteiger partial charge on any atom is -0.366 e. The molecule has 8 heteroatoms. The lowest BCUT2D eigenvalue weighted by molar-refractivity contribution is -0.126. The Hall–Kier alpha value is -2.32. The maximum Gasteiger partial charge on any atom is 0.251 e. The lowest BCUT2D eigenvalue weighted by atomic mass is 10.1. The number of rotatable bonds is 4. The van der Waals surface area contributed by atoms with E-state index in [1.54, 1.807) is 19.1 Å². The molecule has 1 aliphatic heterocycles. The third-order valence-electron chi connectivity index (χ3n) is 4.13. The normalized spacial score (nSPS) is 19.0. The molecular formula is C18H19N3O3S2. The standard InChI is InChI=1S/C18H19N3O3S2/c1-9(2)13-8-10(14(19)22)15(25-13)21-17(24)18(3)16(23)20-11-6-4-5-7-12(11)26-18/h4-9H,1-3H3,(H2,19,22)(H,20,23)(H,21,24). The second-order valence-electron chi connectivity index (χ2n) is 6.45.